The van der Waals surface area contributed by atoms with Crippen molar-refractivity contribution < 1.29 is 34.1 Å². The first-order valence-electron chi connectivity index (χ1n) is 8.09. The van der Waals surface area contributed by atoms with Gasteiger partial charge in [-0.3, -0.25) is 0 Å². The molecular weight excluding hydrogens is 328 g/mol. The molecule has 136 valence electrons. The molecule has 0 atom stereocenters. The first-order valence-corrected chi connectivity index (χ1v) is 8.09. The molecule has 2 N–H and O–H groups in total. The van der Waals surface area contributed by atoms with E-state index in [2.05, 4.69) is 4.74 Å². The van der Waals surface area contributed by atoms with E-state index in [1.54, 1.807) is 13.8 Å². The molecule has 0 amide bonds. The first-order chi connectivity index (χ1) is 11.4. The second-order valence-corrected chi connectivity index (χ2v) is 7.76. The van der Waals surface area contributed by atoms with Crippen LogP contribution >= 0.6 is 0 Å². The van der Waals surface area contributed by atoms with Gasteiger partial charge in [0, 0.05) is 11.1 Å². The van der Waals surface area contributed by atoms with Gasteiger partial charge in [0.25, 0.3) is 0 Å². The summed E-state index contributed by atoms with van der Waals surface area (Å²) in [5.41, 5.74) is 0.632. The van der Waals surface area contributed by atoms with Gasteiger partial charge in [0.2, 0.25) is 0 Å². The Balaban J connectivity index is 0.000000181. The zero-order valence-electron chi connectivity index (χ0n) is 14.8. The largest absolute Gasteiger partial charge is 0.478 e. The minimum atomic E-state index is -1.11. The number of esters is 2. The second kappa shape index (κ2) is 6.13. The van der Waals surface area contributed by atoms with Crippen LogP contribution in [-0.4, -0.2) is 34.1 Å². The molecule has 0 unspecified atom stereocenters. The normalized spacial score (nSPS) is 23.2. The average Bonchev–Trinajstić information content (AvgIpc) is 3.04. The number of hydrogen-bond donors (Lipinski definition) is 2. The summed E-state index contributed by atoms with van der Waals surface area (Å²) in [7, 11) is 0. The molecule has 1 heterocycles. The fourth-order valence-electron chi connectivity index (χ4n) is 3.62. The highest BCUT2D eigenvalue weighted by molar-refractivity contribution is 6.13. The fourth-order valence-corrected chi connectivity index (χ4v) is 3.62. The highest BCUT2D eigenvalue weighted by Crippen LogP contribution is 2.46. The predicted molar refractivity (Wildman–Crippen MR) is 86.5 cm³/mol. The highest BCUT2D eigenvalue weighted by Gasteiger charge is 2.46. The number of carbonyl (C=O) groups excluding carboxylic acids is 2. The first kappa shape index (κ1) is 18.9. The third-order valence-electron chi connectivity index (χ3n) is 5.07. The zero-order chi connectivity index (χ0) is 19.2. The summed E-state index contributed by atoms with van der Waals surface area (Å²) < 4.78 is 4.51. The van der Waals surface area contributed by atoms with E-state index >= 15 is 0 Å². The Morgan fingerprint density at radius 1 is 0.880 bits per heavy atom. The molecule has 1 aliphatic heterocycles. The van der Waals surface area contributed by atoms with Crippen molar-refractivity contribution in [1.29, 1.82) is 0 Å². The number of hydrogen-bond acceptors (Lipinski definition) is 5. The number of rotatable bonds is 2. The summed E-state index contributed by atoms with van der Waals surface area (Å²) in [6.45, 7) is 7.45. The lowest BCUT2D eigenvalue weighted by Gasteiger charge is -2.18. The molecule has 0 radical (unpaired) electrons. The summed E-state index contributed by atoms with van der Waals surface area (Å²) in [6.07, 6.45) is 2.51. The van der Waals surface area contributed by atoms with Crippen LogP contribution in [0.3, 0.4) is 0 Å². The van der Waals surface area contributed by atoms with Crippen LogP contribution in [0.15, 0.2) is 22.3 Å². The van der Waals surface area contributed by atoms with Crippen LogP contribution in [0.4, 0.5) is 0 Å². The van der Waals surface area contributed by atoms with Crippen molar-refractivity contribution in [2.24, 2.45) is 10.8 Å². The van der Waals surface area contributed by atoms with E-state index in [-0.39, 0.29) is 16.6 Å². The molecule has 0 spiro atoms. The second-order valence-electron chi connectivity index (χ2n) is 7.76. The molecule has 7 nitrogen and oxygen atoms in total. The molecule has 25 heavy (non-hydrogen) atoms. The van der Waals surface area contributed by atoms with Gasteiger partial charge in [-0.05, 0) is 36.5 Å². The van der Waals surface area contributed by atoms with Crippen LogP contribution in [0, 0.1) is 10.8 Å². The third kappa shape index (κ3) is 3.36. The standard InChI is InChI=1S/C9H12O4.C9H10O3/c1-9(2)4-3-5(7(10)11)6(9)8(12)13;1-9(2)4-3-5-6(9)8(11)12-7(5)10/h3-4H2,1-2H3,(H,10,11)(H,12,13);3-4H2,1-2H3. The smallest absolute Gasteiger partial charge is 0.342 e. The molecule has 0 bridgehead atoms. The minimum Gasteiger partial charge on any atom is -0.478 e. The lowest BCUT2D eigenvalue weighted by Crippen LogP contribution is -2.18. The minimum absolute atomic E-state index is 0.0532. The van der Waals surface area contributed by atoms with Gasteiger partial charge in [0.15, 0.2) is 0 Å². The molecule has 0 saturated heterocycles. The van der Waals surface area contributed by atoms with E-state index < -0.39 is 29.3 Å². The number of carboxylic acids is 2. The lowest BCUT2D eigenvalue weighted by atomic mass is 9.85. The van der Waals surface area contributed by atoms with E-state index in [4.69, 9.17) is 10.2 Å². The number of carbonyl (C=O) groups is 4. The Bertz CT molecular complexity index is 735. The van der Waals surface area contributed by atoms with Crippen molar-refractivity contribution >= 4 is 23.9 Å². The molecule has 0 aromatic carbocycles. The van der Waals surface area contributed by atoms with Gasteiger partial charge in [-0.1, -0.05) is 27.7 Å². The van der Waals surface area contributed by atoms with E-state index in [1.165, 1.54) is 0 Å². The van der Waals surface area contributed by atoms with E-state index in [0.29, 0.717) is 30.4 Å². The van der Waals surface area contributed by atoms with Gasteiger partial charge < -0.3 is 14.9 Å². The van der Waals surface area contributed by atoms with Crippen molar-refractivity contribution in [2.45, 2.75) is 53.4 Å². The summed E-state index contributed by atoms with van der Waals surface area (Å²) >= 11 is 0. The molecule has 0 fully saturated rings. The van der Waals surface area contributed by atoms with Crippen LogP contribution in [-0.2, 0) is 23.9 Å². The molecule has 0 aromatic heterocycles. The SMILES string of the molecule is CC1(C)CCC(C(=O)O)=C1C(=O)O.CC1(C)CCC2=C1C(=O)OC2=O. The maximum atomic E-state index is 11.2. The topological polar surface area (TPSA) is 118 Å². The Morgan fingerprint density at radius 3 is 1.88 bits per heavy atom. The summed E-state index contributed by atoms with van der Waals surface area (Å²) in [5, 5.41) is 17.6. The fraction of sp³-hybridized carbons (Fsp3) is 0.556. The van der Waals surface area contributed by atoms with Gasteiger partial charge in [-0.25, -0.2) is 19.2 Å². The molecule has 0 saturated carbocycles. The van der Waals surface area contributed by atoms with Crippen LogP contribution in [0.25, 0.3) is 0 Å². The van der Waals surface area contributed by atoms with Gasteiger partial charge >= 0.3 is 23.9 Å². The van der Waals surface area contributed by atoms with Gasteiger partial charge in [-0.15, -0.1) is 0 Å². The molecular formula is C18H22O7. The molecule has 3 rings (SSSR count). The van der Waals surface area contributed by atoms with Crippen LogP contribution < -0.4 is 0 Å². The molecule has 3 aliphatic rings. The predicted octanol–water partition coefficient (Wildman–Crippen LogP) is 2.46. The lowest BCUT2D eigenvalue weighted by molar-refractivity contribution is -0.152. The van der Waals surface area contributed by atoms with Crippen molar-refractivity contribution in [3.05, 3.63) is 22.3 Å². The number of cyclic esters (lactones) is 2. The highest BCUT2D eigenvalue weighted by atomic mass is 16.6. The molecule has 7 heteroatoms. The Hall–Kier alpha value is -2.44. The number of carboxylic acid groups (broad SMARTS) is 2. The third-order valence-corrected chi connectivity index (χ3v) is 5.07. The van der Waals surface area contributed by atoms with Crippen LogP contribution in [0.1, 0.15) is 53.4 Å². The molecule has 0 aromatic rings. The summed E-state index contributed by atoms with van der Waals surface area (Å²) in [6, 6.07) is 0. The Kier molecular flexibility index (Phi) is 4.63. The monoisotopic (exact) mass is 350 g/mol. The quantitative estimate of drug-likeness (QED) is 0.580. The Labute approximate surface area is 145 Å². The van der Waals surface area contributed by atoms with Gasteiger partial charge in [0.05, 0.1) is 11.1 Å². The summed E-state index contributed by atoms with van der Waals surface area (Å²) in [4.78, 5) is 43.7. The average molecular weight is 350 g/mol. The van der Waals surface area contributed by atoms with Gasteiger partial charge in [0.1, 0.15) is 0 Å². The Morgan fingerprint density at radius 2 is 1.44 bits per heavy atom. The maximum absolute atomic E-state index is 11.2. The van der Waals surface area contributed by atoms with Crippen LogP contribution in [0.5, 0.6) is 0 Å². The van der Waals surface area contributed by atoms with Gasteiger partial charge in [-0.2, -0.15) is 0 Å². The summed E-state index contributed by atoms with van der Waals surface area (Å²) in [5.74, 6) is -3.08. The number of aliphatic carboxylic acids is 2. The maximum Gasteiger partial charge on any atom is 0.342 e. The molecule has 2 aliphatic carbocycles. The van der Waals surface area contributed by atoms with E-state index in [1.807, 2.05) is 13.8 Å². The van der Waals surface area contributed by atoms with Crippen molar-refractivity contribution in [3.63, 3.8) is 0 Å². The van der Waals surface area contributed by atoms with Crippen molar-refractivity contribution in [2.75, 3.05) is 0 Å². The van der Waals surface area contributed by atoms with E-state index in [0.717, 1.165) is 6.42 Å². The van der Waals surface area contributed by atoms with Crippen molar-refractivity contribution in [1.82, 2.24) is 0 Å². The number of ether oxygens (including phenoxy) is 1. The zero-order valence-corrected chi connectivity index (χ0v) is 14.8. The van der Waals surface area contributed by atoms with Crippen molar-refractivity contribution in [3.8, 4) is 0 Å². The van der Waals surface area contributed by atoms with E-state index in [9.17, 15) is 19.2 Å². The van der Waals surface area contributed by atoms with Crippen LogP contribution in [0.2, 0.25) is 0 Å².